The van der Waals surface area contributed by atoms with Crippen molar-refractivity contribution in [3.63, 3.8) is 0 Å². The number of carbonyl (C=O) groups excluding carboxylic acids is 1. The number of benzene rings is 1. The number of fused-ring (bicyclic) bond motifs is 1. The summed E-state index contributed by atoms with van der Waals surface area (Å²) >= 11 is 6.03. The number of nitrogens with one attached hydrogen (secondary N) is 2. The minimum absolute atomic E-state index is 0.0335. The van der Waals surface area contributed by atoms with E-state index < -0.39 is 0 Å². The highest BCUT2D eigenvalue weighted by atomic mass is 35.5. The van der Waals surface area contributed by atoms with Crippen LogP contribution in [0, 0.1) is 0 Å². The van der Waals surface area contributed by atoms with Gasteiger partial charge in [-0.3, -0.25) is 0 Å². The van der Waals surface area contributed by atoms with Gasteiger partial charge in [0.25, 0.3) is 0 Å². The lowest BCUT2D eigenvalue weighted by Crippen LogP contribution is -2.43. The molecule has 1 aliphatic rings. The van der Waals surface area contributed by atoms with Crippen molar-refractivity contribution in [2.24, 2.45) is 0 Å². The molecule has 0 unspecified atom stereocenters. The van der Waals surface area contributed by atoms with Gasteiger partial charge >= 0.3 is 6.03 Å². The van der Waals surface area contributed by atoms with Gasteiger partial charge in [-0.15, -0.1) is 0 Å². The molecule has 1 aromatic heterocycles. The van der Waals surface area contributed by atoms with Crippen molar-refractivity contribution in [2.45, 2.75) is 25.4 Å². The average Bonchev–Trinajstić information content (AvgIpc) is 2.94. The number of carbonyl (C=O) groups is 1. The molecule has 2 amide bonds. The lowest BCUT2D eigenvalue weighted by Gasteiger charge is -2.24. The lowest BCUT2D eigenvalue weighted by molar-refractivity contribution is 0.243. The summed E-state index contributed by atoms with van der Waals surface area (Å²) in [5.74, 6) is 0.966. The van der Waals surface area contributed by atoms with Crippen LogP contribution in [0.5, 0.6) is 0 Å². The fraction of sp³-hybridized carbons (Fsp3) is 0.400. The Morgan fingerprint density at radius 1 is 1.43 bits per heavy atom. The molecule has 122 valence electrons. The summed E-state index contributed by atoms with van der Waals surface area (Å²) in [7, 11) is 3.83. The first-order valence-electron chi connectivity index (χ1n) is 7.44. The van der Waals surface area contributed by atoms with Gasteiger partial charge < -0.3 is 15.5 Å². The highest BCUT2D eigenvalue weighted by Gasteiger charge is 2.21. The molecule has 1 aliphatic heterocycles. The quantitative estimate of drug-likeness (QED) is 0.901. The van der Waals surface area contributed by atoms with Crippen molar-refractivity contribution >= 4 is 29.0 Å². The van der Waals surface area contributed by atoms with Gasteiger partial charge in [0.2, 0.25) is 0 Å². The molecule has 0 bridgehead atoms. The fourth-order valence-electron chi connectivity index (χ4n) is 2.70. The second kappa shape index (κ2) is 6.45. The van der Waals surface area contributed by atoms with E-state index in [1.807, 2.05) is 29.7 Å². The summed E-state index contributed by atoms with van der Waals surface area (Å²) in [6.07, 6.45) is 3.21. The summed E-state index contributed by atoms with van der Waals surface area (Å²) in [4.78, 5) is 18.4. The van der Waals surface area contributed by atoms with Crippen LogP contribution >= 0.6 is 11.6 Å². The van der Waals surface area contributed by atoms with Crippen LogP contribution in [0.2, 0.25) is 5.02 Å². The number of aryl methyl sites for hydroxylation is 1. The Bertz CT molecular complexity index is 714. The fourth-order valence-corrected chi connectivity index (χ4v) is 2.87. The zero-order valence-corrected chi connectivity index (χ0v) is 13.8. The van der Waals surface area contributed by atoms with E-state index in [4.69, 9.17) is 11.6 Å². The number of urea groups is 1. The molecular weight excluding hydrogens is 316 g/mol. The Kier molecular flexibility index (Phi) is 4.38. The average molecular weight is 335 g/mol. The maximum absolute atomic E-state index is 12.3. The Hall–Kier alpha value is -2.28. The number of amides is 2. The minimum atomic E-state index is -0.246. The Balaban J connectivity index is 1.65. The summed E-state index contributed by atoms with van der Waals surface area (Å²) in [6, 6.07) is 5.20. The summed E-state index contributed by atoms with van der Waals surface area (Å²) in [5.41, 5.74) is 1.57. The maximum Gasteiger partial charge on any atom is 0.319 e. The first-order valence-corrected chi connectivity index (χ1v) is 7.82. The van der Waals surface area contributed by atoms with Gasteiger partial charge in [-0.2, -0.15) is 5.10 Å². The smallest absolute Gasteiger partial charge is 0.319 e. The zero-order valence-electron chi connectivity index (χ0n) is 13.1. The number of rotatable bonds is 3. The van der Waals surface area contributed by atoms with Crippen LogP contribution < -0.4 is 15.5 Å². The van der Waals surface area contributed by atoms with Crippen LogP contribution in [0.25, 0.3) is 0 Å². The second-order valence-electron chi connectivity index (χ2n) is 5.75. The molecule has 23 heavy (non-hydrogen) atoms. The number of nitrogens with zero attached hydrogens (tertiary/aromatic N) is 4. The third-order valence-corrected chi connectivity index (χ3v) is 4.06. The SMILES string of the molecule is CN(C)c1ccc(Cl)cc1NC(=O)N[C@H]1CCc2ncnn2C1. The van der Waals surface area contributed by atoms with Crippen LogP contribution in [-0.4, -0.2) is 40.9 Å². The van der Waals surface area contributed by atoms with Gasteiger partial charge in [0.15, 0.2) is 0 Å². The van der Waals surface area contributed by atoms with Gasteiger partial charge in [0, 0.05) is 25.5 Å². The van der Waals surface area contributed by atoms with E-state index in [0.29, 0.717) is 17.3 Å². The molecule has 0 saturated carbocycles. The van der Waals surface area contributed by atoms with Crippen molar-refractivity contribution in [1.82, 2.24) is 20.1 Å². The highest BCUT2D eigenvalue weighted by Crippen LogP contribution is 2.27. The van der Waals surface area contributed by atoms with E-state index in [0.717, 1.165) is 24.4 Å². The lowest BCUT2D eigenvalue weighted by atomic mass is 10.1. The second-order valence-corrected chi connectivity index (χ2v) is 6.18. The van der Waals surface area contributed by atoms with Gasteiger partial charge in [0.1, 0.15) is 12.2 Å². The molecule has 2 aromatic rings. The molecule has 0 fully saturated rings. The van der Waals surface area contributed by atoms with Crippen LogP contribution in [0.4, 0.5) is 16.2 Å². The minimum Gasteiger partial charge on any atom is -0.376 e. The normalized spacial score (nSPS) is 16.6. The molecule has 0 saturated heterocycles. The Morgan fingerprint density at radius 2 is 2.26 bits per heavy atom. The summed E-state index contributed by atoms with van der Waals surface area (Å²) in [6.45, 7) is 0.638. The molecule has 0 aliphatic carbocycles. The maximum atomic E-state index is 12.3. The van der Waals surface area contributed by atoms with Gasteiger partial charge in [-0.25, -0.2) is 14.5 Å². The monoisotopic (exact) mass is 334 g/mol. The van der Waals surface area contributed by atoms with Crippen molar-refractivity contribution < 1.29 is 4.79 Å². The number of halogens is 1. The van der Waals surface area contributed by atoms with Crippen molar-refractivity contribution in [3.8, 4) is 0 Å². The van der Waals surface area contributed by atoms with Crippen LogP contribution in [0.15, 0.2) is 24.5 Å². The van der Waals surface area contributed by atoms with E-state index in [9.17, 15) is 4.79 Å². The van der Waals surface area contributed by atoms with E-state index in [1.165, 1.54) is 0 Å². The Morgan fingerprint density at radius 3 is 3.04 bits per heavy atom. The van der Waals surface area contributed by atoms with E-state index in [-0.39, 0.29) is 12.1 Å². The summed E-state index contributed by atoms with van der Waals surface area (Å²) < 4.78 is 1.83. The van der Waals surface area contributed by atoms with Gasteiger partial charge in [0.05, 0.1) is 24.0 Å². The molecule has 2 heterocycles. The number of hydrogen-bond donors (Lipinski definition) is 2. The molecule has 1 aromatic carbocycles. The van der Waals surface area contributed by atoms with E-state index in [1.54, 1.807) is 18.5 Å². The number of anilines is 2. The standard InChI is InChI=1S/C15H19ClN6O/c1-21(2)13-5-3-10(16)7-12(13)20-15(23)19-11-4-6-14-17-9-18-22(14)8-11/h3,5,7,9,11H,4,6,8H2,1-2H3,(H2,19,20,23)/t11-/m0/s1. The van der Waals surface area contributed by atoms with Gasteiger partial charge in [-0.1, -0.05) is 11.6 Å². The van der Waals surface area contributed by atoms with E-state index in [2.05, 4.69) is 20.7 Å². The predicted octanol–water partition coefficient (Wildman–Crippen LogP) is 2.13. The molecule has 0 spiro atoms. The topological polar surface area (TPSA) is 75.1 Å². The molecule has 0 radical (unpaired) electrons. The third kappa shape index (κ3) is 3.56. The molecule has 2 N–H and O–H groups in total. The number of aromatic nitrogens is 3. The zero-order chi connectivity index (χ0) is 16.4. The molecule has 8 heteroatoms. The van der Waals surface area contributed by atoms with Crippen molar-refractivity contribution in [2.75, 3.05) is 24.3 Å². The number of hydrogen-bond acceptors (Lipinski definition) is 4. The van der Waals surface area contributed by atoms with Crippen LogP contribution in [0.1, 0.15) is 12.2 Å². The van der Waals surface area contributed by atoms with E-state index >= 15 is 0 Å². The predicted molar refractivity (Wildman–Crippen MR) is 90.1 cm³/mol. The van der Waals surface area contributed by atoms with Crippen LogP contribution in [0.3, 0.4) is 0 Å². The third-order valence-electron chi connectivity index (χ3n) is 3.83. The largest absolute Gasteiger partial charge is 0.376 e. The molecule has 7 nitrogen and oxygen atoms in total. The first-order chi connectivity index (χ1) is 11.0. The highest BCUT2D eigenvalue weighted by molar-refractivity contribution is 6.31. The molecule has 1 atom stereocenters. The first kappa shape index (κ1) is 15.6. The molecule has 3 rings (SSSR count). The Labute approximate surface area is 139 Å². The van der Waals surface area contributed by atoms with Crippen LogP contribution in [-0.2, 0) is 13.0 Å². The van der Waals surface area contributed by atoms with Crippen molar-refractivity contribution in [1.29, 1.82) is 0 Å². The molecular formula is C15H19ClN6O. The van der Waals surface area contributed by atoms with Crippen molar-refractivity contribution in [3.05, 3.63) is 35.4 Å². The summed E-state index contributed by atoms with van der Waals surface area (Å²) in [5, 5.41) is 10.6. The van der Waals surface area contributed by atoms with Gasteiger partial charge in [-0.05, 0) is 24.6 Å².